The number of hydrogen-bond acceptors (Lipinski definition) is 8. The Morgan fingerprint density at radius 2 is 1.80 bits per heavy atom. The van der Waals surface area contributed by atoms with Gasteiger partial charge in [-0.1, -0.05) is 32.1 Å². The fourth-order valence-electron chi connectivity index (χ4n) is 6.01. The standard InChI is InChI=1S/C22H30N4O6S3/c1-34(29,30)23-11-13-12-33-21-19(13)35(31,32)25-20(24-21)17-18(27)15-9-5-6-10-16(15)26(22(17)28)14-7-3-2-4-8-14/h12,14-17,23H,2-11H2,1H3,(H,24,25). The van der Waals surface area contributed by atoms with Gasteiger partial charge in [0.1, 0.15) is 15.7 Å². The zero-order valence-corrected chi connectivity index (χ0v) is 22.0. The molecule has 2 N–H and O–H groups in total. The summed E-state index contributed by atoms with van der Waals surface area (Å²) in [6.45, 7) is -0.197. The molecule has 1 aromatic rings. The highest BCUT2D eigenvalue weighted by atomic mass is 32.2. The minimum atomic E-state index is -4.24. The van der Waals surface area contributed by atoms with Crippen molar-refractivity contribution in [1.29, 1.82) is 0 Å². The zero-order valence-electron chi connectivity index (χ0n) is 19.5. The van der Waals surface area contributed by atoms with Crippen LogP contribution >= 0.6 is 11.3 Å². The quantitative estimate of drug-likeness (QED) is 0.543. The minimum absolute atomic E-state index is 0.0733. The number of carbonyl (C=O) groups excluding carboxylic acids is 2. The average molecular weight is 543 g/mol. The van der Waals surface area contributed by atoms with E-state index in [2.05, 4.69) is 14.4 Å². The first-order valence-electron chi connectivity index (χ1n) is 12.1. The van der Waals surface area contributed by atoms with E-state index in [4.69, 9.17) is 0 Å². The second-order valence-corrected chi connectivity index (χ2v) is 14.2. The van der Waals surface area contributed by atoms with Crippen molar-refractivity contribution >= 4 is 53.9 Å². The van der Waals surface area contributed by atoms with Crippen LogP contribution in [0, 0.1) is 11.8 Å². The summed E-state index contributed by atoms with van der Waals surface area (Å²) in [5.74, 6) is -2.29. The molecule has 1 amide bonds. The number of piperidine rings is 1. The molecular formula is C22H30N4O6S3. The molecule has 2 saturated carbocycles. The number of Topliss-reactive ketones (excluding diaryl/α,β-unsaturated/α-hetero) is 1. The highest BCUT2D eigenvalue weighted by Gasteiger charge is 2.53. The van der Waals surface area contributed by atoms with E-state index in [1.165, 1.54) is 0 Å². The van der Waals surface area contributed by atoms with Gasteiger partial charge in [0.15, 0.2) is 11.7 Å². The number of hydrogen-bond donors (Lipinski definition) is 2. The Bertz CT molecular complexity index is 1280. The molecular weight excluding hydrogens is 512 g/mol. The number of nitrogens with one attached hydrogen (secondary N) is 2. The van der Waals surface area contributed by atoms with Gasteiger partial charge in [0.25, 0.3) is 10.0 Å². The number of rotatable bonds is 5. The number of fused-ring (bicyclic) bond motifs is 2. The van der Waals surface area contributed by atoms with Crippen molar-refractivity contribution in [3.8, 4) is 0 Å². The fourth-order valence-corrected chi connectivity index (χ4v) is 9.07. The summed E-state index contributed by atoms with van der Waals surface area (Å²) in [5.41, 5.74) is 0.267. The second kappa shape index (κ2) is 9.24. The number of amides is 1. The van der Waals surface area contributed by atoms with Crippen LogP contribution in [0.4, 0.5) is 5.00 Å². The molecule has 4 aliphatic rings. The monoisotopic (exact) mass is 542 g/mol. The molecule has 3 atom stereocenters. The summed E-state index contributed by atoms with van der Waals surface area (Å²) in [7, 11) is -7.76. The summed E-state index contributed by atoms with van der Waals surface area (Å²) >= 11 is 1.08. The summed E-state index contributed by atoms with van der Waals surface area (Å²) in [5, 5.41) is 4.75. The molecule has 2 aliphatic heterocycles. The van der Waals surface area contributed by atoms with Gasteiger partial charge < -0.3 is 10.2 Å². The molecule has 2 aliphatic carbocycles. The van der Waals surface area contributed by atoms with E-state index >= 15 is 0 Å². The Morgan fingerprint density at radius 3 is 2.51 bits per heavy atom. The third-order valence-electron chi connectivity index (χ3n) is 7.54. The molecule has 5 rings (SSSR count). The van der Waals surface area contributed by atoms with Crippen molar-refractivity contribution in [2.24, 2.45) is 16.2 Å². The van der Waals surface area contributed by atoms with Crippen molar-refractivity contribution in [3.63, 3.8) is 0 Å². The molecule has 35 heavy (non-hydrogen) atoms. The molecule has 1 aromatic heterocycles. The van der Waals surface area contributed by atoms with E-state index < -0.39 is 26.0 Å². The van der Waals surface area contributed by atoms with E-state index in [-0.39, 0.29) is 57.5 Å². The van der Waals surface area contributed by atoms with Gasteiger partial charge >= 0.3 is 0 Å². The molecule has 0 spiro atoms. The normalized spacial score (nSPS) is 29.2. The largest absolute Gasteiger partial charge is 0.335 e. The van der Waals surface area contributed by atoms with Crippen LogP contribution in [0.1, 0.15) is 63.4 Å². The van der Waals surface area contributed by atoms with Gasteiger partial charge in [0.2, 0.25) is 15.9 Å². The summed E-state index contributed by atoms with van der Waals surface area (Å²) in [6, 6.07) is -0.0425. The lowest BCUT2D eigenvalue weighted by Crippen LogP contribution is -2.63. The maximum Gasteiger partial charge on any atom is 0.287 e. The molecule has 192 valence electrons. The van der Waals surface area contributed by atoms with Crippen LogP contribution < -0.4 is 10.0 Å². The fraction of sp³-hybridized carbons (Fsp3) is 0.682. The minimum Gasteiger partial charge on any atom is -0.335 e. The van der Waals surface area contributed by atoms with Crippen molar-refractivity contribution in [2.45, 2.75) is 81.3 Å². The molecule has 3 unspecified atom stereocenters. The van der Waals surface area contributed by atoms with Crippen molar-refractivity contribution in [2.75, 3.05) is 11.6 Å². The van der Waals surface area contributed by atoms with Gasteiger partial charge in [0, 0.05) is 30.1 Å². The zero-order chi connectivity index (χ0) is 25.0. The Kier molecular flexibility index (Phi) is 6.56. The summed E-state index contributed by atoms with van der Waals surface area (Å²) in [4.78, 5) is 29.2. The van der Waals surface area contributed by atoms with Crippen molar-refractivity contribution < 1.29 is 26.4 Å². The lowest BCUT2D eigenvalue weighted by Gasteiger charge is -2.50. The van der Waals surface area contributed by atoms with Crippen LogP contribution in [0.2, 0.25) is 0 Å². The van der Waals surface area contributed by atoms with Crippen LogP contribution in [0.5, 0.6) is 0 Å². The predicted molar refractivity (Wildman–Crippen MR) is 132 cm³/mol. The van der Waals surface area contributed by atoms with Gasteiger partial charge in [-0.05, 0) is 31.1 Å². The molecule has 1 saturated heterocycles. The SMILES string of the molecule is CS(=O)(=O)NCc1csc2c1S(=O)(=O)N=C(C1C(=O)C3CCCCC3N(C3CCCCC3)C1=O)N2. The van der Waals surface area contributed by atoms with Gasteiger partial charge in [-0.2, -0.15) is 8.42 Å². The first-order chi connectivity index (χ1) is 16.6. The molecule has 0 radical (unpaired) electrons. The number of carbonyl (C=O) groups is 2. The van der Waals surface area contributed by atoms with Crippen molar-refractivity contribution in [3.05, 3.63) is 10.9 Å². The van der Waals surface area contributed by atoms with Gasteiger partial charge in [-0.25, -0.2) is 13.1 Å². The molecule has 0 aromatic carbocycles. The molecule has 10 nitrogen and oxygen atoms in total. The highest BCUT2D eigenvalue weighted by molar-refractivity contribution is 7.91. The Labute approximate surface area is 209 Å². The Balaban J connectivity index is 1.49. The Morgan fingerprint density at radius 1 is 1.11 bits per heavy atom. The van der Waals surface area contributed by atoms with Crippen LogP contribution in [0.15, 0.2) is 14.7 Å². The topological polar surface area (TPSA) is 142 Å². The number of amidine groups is 1. The van der Waals surface area contributed by atoms with E-state index in [1.807, 2.05) is 4.90 Å². The van der Waals surface area contributed by atoms with Gasteiger partial charge in [-0.3, -0.25) is 9.59 Å². The molecule has 0 bridgehead atoms. The predicted octanol–water partition coefficient (Wildman–Crippen LogP) is 2.23. The number of likely N-dealkylation sites (tertiary alicyclic amines) is 1. The maximum absolute atomic E-state index is 13.8. The van der Waals surface area contributed by atoms with Gasteiger partial charge in [0.05, 0.1) is 6.26 Å². The van der Waals surface area contributed by atoms with Crippen LogP contribution in [-0.4, -0.2) is 57.6 Å². The number of nitrogens with zero attached hydrogens (tertiary/aromatic N) is 2. The molecule has 3 heterocycles. The number of sulfonamides is 2. The van der Waals surface area contributed by atoms with Crippen molar-refractivity contribution in [1.82, 2.24) is 9.62 Å². The third kappa shape index (κ3) is 4.67. The maximum atomic E-state index is 13.8. The summed E-state index contributed by atoms with van der Waals surface area (Å²) < 4.78 is 55.5. The average Bonchev–Trinajstić information content (AvgIpc) is 3.22. The van der Waals surface area contributed by atoms with Crippen LogP contribution in [-0.2, 0) is 36.2 Å². The smallest absolute Gasteiger partial charge is 0.287 e. The molecule has 3 fully saturated rings. The Hall–Kier alpha value is -1.83. The van der Waals surface area contributed by atoms with E-state index in [0.29, 0.717) is 6.42 Å². The third-order valence-corrected chi connectivity index (χ3v) is 10.7. The summed E-state index contributed by atoms with van der Waals surface area (Å²) in [6.07, 6.45) is 9.41. The lowest BCUT2D eigenvalue weighted by molar-refractivity contribution is -0.155. The first kappa shape index (κ1) is 24.8. The van der Waals surface area contributed by atoms with Crippen LogP contribution in [0.3, 0.4) is 0 Å². The first-order valence-corrected chi connectivity index (χ1v) is 16.3. The van der Waals surface area contributed by atoms with E-state index in [1.54, 1.807) is 5.38 Å². The highest BCUT2D eigenvalue weighted by Crippen LogP contribution is 2.42. The molecule has 13 heteroatoms. The second-order valence-electron chi connectivity index (χ2n) is 9.92. The number of ketones is 1. The van der Waals surface area contributed by atoms with E-state index in [0.717, 1.165) is 69.0 Å². The number of thiophene rings is 1. The lowest BCUT2D eigenvalue weighted by atomic mass is 9.72. The van der Waals surface area contributed by atoms with Crippen LogP contribution in [0.25, 0.3) is 0 Å². The van der Waals surface area contributed by atoms with Gasteiger partial charge in [-0.15, -0.1) is 15.7 Å². The van der Waals surface area contributed by atoms with E-state index in [9.17, 15) is 26.4 Å². The number of anilines is 1.